The maximum absolute atomic E-state index is 5.37. The summed E-state index contributed by atoms with van der Waals surface area (Å²) < 4.78 is 5.37. The highest BCUT2D eigenvalue weighted by atomic mass is 79.9. The van der Waals surface area contributed by atoms with Crippen molar-refractivity contribution in [1.29, 1.82) is 0 Å². The summed E-state index contributed by atoms with van der Waals surface area (Å²) in [5, 5.41) is 1.06. The maximum Gasteiger partial charge on any atom is 0.0480 e. The van der Waals surface area contributed by atoms with Gasteiger partial charge in [0.1, 0.15) is 0 Å². The molecule has 0 radical (unpaired) electrons. The zero-order valence-electron chi connectivity index (χ0n) is 9.55. The molecule has 1 aliphatic heterocycles. The van der Waals surface area contributed by atoms with Crippen molar-refractivity contribution < 1.29 is 4.74 Å². The molecule has 84 valence electrons. The van der Waals surface area contributed by atoms with Crippen LogP contribution in [0.1, 0.15) is 26.7 Å². The van der Waals surface area contributed by atoms with Gasteiger partial charge < -0.3 is 9.64 Å². The summed E-state index contributed by atoms with van der Waals surface area (Å²) in [6.07, 6.45) is 2.38. The van der Waals surface area contributed by atoms with Gasteiger partial charge in [-0.1, -0.05) is 29.8 Å². The molecule has 3 heteroatoms. The molecule has 0 unspecified atom stereocenters. The van der Waals surface area contributed by atoms with E-state index < -0.39 is 0 Å². The zero-order chi connectivity index (χ0) is 10.6. The summed E-state index contributed by atoms with van der Waals surface area (Å²) in [6.45, 7) is 7.63. The third-order valence-electron chi connectivity index (χ3n) is 2.85. The molecule has 0 bridgehead atoms. The highest BCUT2D eigenvalue weighted by molar-refractivity contribution is 9.09. The minimum atomic E-state index is 0.368. The van der Waals surface area contributed by atoms with Crippen LogP contribution in [0, 0.1) is 5.41 Å². The van der Waals surface area contributed by atoms with Crippen LogP contribution in [0.4, 0.5) is 0 Å². The molecule has 0 aliphatic carbocycles. The maximum atomic E-state index is 5.37. The summed E-state index contributed by atoms with van der Waals surface area (Å²) >= 11 is 3.57. The molecule has 0 saturated carbocycles. The average molecular weight is 264 g/mol. The molecule has 0 aromatic rings. The van der Waals surface area contributed by atoms with Gasteiger partial charge in [-0.2, -0.15) is 0 Å². The van der Waals surface area contributed by atoms with E-state index in [-0.39, 0.29) is 0 Å². The number of ether oxygens (including phenoxy) is 1. The van der Waals surface area contributed by atoms with E-state index in [0.29, 0.717) is 5.41 Å². The first-order valence-corrected chi connectivity index (χ1v) is 6.51. The quantitative estimate of drug-likeness (QED) is 0.723. The lowest BCUT2D eigenvalue weighted by atomic mass is 9.94. The molecule has 0 N–H and O–H groups in total. The lowest BCUT2D eigenvalue weighted by Crippen LogP contribution is -2.42. The molecule has 2 nitrogen and oxygen atoms in total. The summed E-state index contributed by atoms with van der Waals surface area (Å²) in [5.41, 5.74) is 0.368. The Morgan fingerprint density at radius 3 is 2.43 bits per heavy atom. The van der Waals surface area contributed by atoms with Gasteiger partial charge in [0.05, 0.1) is 0 Å². The minimum Gasteiger partial charge on any atom is -0.381 e. The fourth-order valence-corrected chi connectivity index (χ4v) is 2.15. The second-order valence-electron chi connectivity index (χ2n) is 5.06. The number of alkyl halides is 1. The van der Waals surface area contributed by atoms with Crippen LogP contribution in [0.15, 0.2) is 0 Å². The second-order valence-corrected chi connectivity index (χ2v) is 5.62. The SMILES string of the molecule is CN(CC(C)(C)CBr)C1CCOCC1. The molecule has 0 atom stereocenters. The zero-order valence-corrected chi connectivity index (χ0v) is 11.1. The van der Waals surface area contributed by atoms with Gasteiger partial charge in [-0.15, -0.1) is 0 Å². The number of nitrogens with zero attached hydrogens (tertiary/aromatic N) is 1. The predicted octanol–water partition coefficient (Wildman–Crippen LogP) is 2.52. The van der Waals surface area contributed by atoms with Crippen LogP contribution in [0.25, 0.3) is 0 Å². The van der Waals surface area contributed by atoms with Crippen molar-refractivity contribution >= 4 is 15.9 Å². The van der Waals surface area contributed by atoms with Gasteiger partial charge in [-0.3, -0.25) is 0 Å². The molecule has 0 aromatic carbocycles. The van der Waals surface area contributed by atoms with Gasteiger partial charge in [-0.05, 0) is 25.3 Å². The normalized spacial score (nSPS) is 20.4. The number of rotatable bonds is 4. The Bertz CT molecular complexity index is 167. The Morgan fingerprint density at radius 1 is 1.36 bits per heavy atom. The van der Waals surface area contributed by atoms with Crippen molar-refractivity contribution in [1.82, 2.24) is 4.90 Å². The molecule has 14 heavy (non-hydrogen) atoms. The van der Waals surface area contributed by atoms with Crippen molar-refractivity contribution in [2.24, 2.45) is 5.41 Å². The monoisotopic (exact) mass is 263 g/mol. The van der Waals surface area contributed by atoms with Crippen LogP contribution < -0.4 is 0 Å². The highest BCUT2D eigenvalue weighted by Gasteiger charge is 2.24. The minimum absolute atomic E-state index is 0.368. The Kier molecular flexibility index (Phi) is 4.88. The van der Waals surface area contributed by atoms with Gasteiger partial charge in [-0.25, -0.2) is 0 Å². The first-order valence-electron chi connectivity index (χ1n) is 5.39. The largest absolute Gasteiger partial charge is 0.381 e. The number of hydrogen-bond acceptors (Lipinski definition) is 2. The van der Waals surface area contributed by atoms with Gasteiger partial charge in [0.25, 0.3) is 0 Å². The second kappa shape index (κ2) is 5.47. The molecular formula is C11H22BrNO. The molecule has 1 aliphatic rings. The molecule has 0 spiro atoms. The van der Waals surface area contributed by atoms with Crippen molar-refractivity contribution in [2.75, 3.05) is 32.1 Å². The summed E-state index contributed by atoms with van der Waals surface area (Å²) in [4.78, 5) is 2.49. The first kappa shape index (κ1) is 12.5. The highest BCUT2D eigenvalue weighted by Crippen LogP contribution is 2.22. The van der Waals surface area contributed by atoms with Crippen LogP contribution in [0.5, 0.6) is 0 Å². The molecule has 1 rings (SSSR count). The van der Waals surface area contributed by atoms with Gasteiger partial charge in [0.15, 0.2) is 0 Å². The summed E-state index contributed by atoms with van der Waals surface area (Å²) in [5.74, 6) is 0. The van der Waals surface area contributed by atoms with Crippen LogP contribution >= 0.6 is 15.9 Å². The van der Waals surface area contributed by atoms with Crippen LogP contribution in [0.2, 0.25) is 0 Å². The molecule has 1 fully saturated rings. The van der Waals surface area contributed by atoms with Crippen LogP contribution in [0.3, 0.4) is 0 Å². The van der Waals surface area contributed by atoms with Crippen molar-refractivity contribution in [3.63, 3.8) is 0 Å². The topological polar surface area (TPSA) is 12.5 Å². The van der Waals surface area contributed by atoms with Crippen LogP contribution in [-0.4, -0.2) is 43.1 Å². The van der Waals surface area contributed by atoms with E-state index in [2.05, 4.69) is 41.7 Å². The first-order chi connectivity index (χ1) is 6.55. The van der Waals surface area contributed by atoms with E-state index in [4.69, 9.17) is 4.74 Å². The van der Waals surface area contributed by atoms with Gasteiger partial charge in [0, 0.05) is 31.1 Å². The van der Waals surface area contributed by atoms with E-state index in [9.17, 15) is 0 Å². The van der Waals surface area contributed by atoms with Gasteiger partial charge in [0.2, 0.25) is 0 Å². The molecule has 1 heterocycles. The van der Waals surface area contributed by atoms with E-state index in [1.807, 2.05) is 0 Å². The van der Waals surface area contributed by atoms with Crippen molar-refractivity contribution in [2.45, 2.75) is 32.7 Å². The van der Waals surface area contributed by atoms with E-state index >= 15 is 0 Å². The Labute approximate surface area is 96.1 Å². The molecule has 0 aromatic heterocycles. The Morgan fingerprint density at radius 2 is 1.93 bits per heavy atom. The average Bonchev–Trinajstić information content (AvgIpc) is 2.19. The van der Waals surface area contributed by atoms with Crippen molar-refractivity contribution in [3.05, 3.63) is 0 Å². The van der Waals surface area contributed by atoms with Crippen molar-refractivity contribution in [3.8, 4) is 0 Å². The predicted molar refractivity (Wildman–Crippen MR) is 64.0 cm³/mol. The number of hydrogen-bond donors (Lipinski definition) is 0. The molecular weight excluding hydrogens is 242 g/mol. The Hall–Kier alpha value is 0.400. The fourth-order valence-electron chi connectivity index (χ4n) is 1.97. The van der Waals surface area contributed by atoms with E-state index in [1.165, 1.54) is 12.8 Å². The fraction of sp³-hybridized carbons (Fsp3) is 1.00. The van der Waals surface area contributed by atoms with Gasteiger partial charge >= 0.3 is 0 Å². The molecule has 0 amide bonds. The summed E-state index contributed by atoms with van der Waals surface area (Å²) in [6, 6.07) is 0.724. The summed E-state index contributed by atoms with van der Waals surface area (Å²) in [7, 11) is 2.24. The lowest BCUT2D eigenvalue weighted by Gasteiger charge is -2.36. The van der Waals surface area contributed by atoms with E-state index in [1.54, 1.807) is 0 Å². The third-order valence-corrected chi connectivity index (χ3v) is 4.37. The Balaban J connectivity index is 2.36. The number of halogens is 1. The van der Waals surface area contributed by atoms with Crippen LogP contribution in [-0.2, 0) is 4.74 Å². The third kappa shape index (κ3) is 3.87. The smallest absolute Gasteiger partial charge is 0.0480 e. The lowest BCUT2D eigenvalue weighted by molar-refractivity contribution is 0.0337. The molecule has 1 saturated heterocycles. The standard InChI is InChI=1S/C11H22BrNO/c1-11(2,8-12)9-13(3)10-4-6-14-7-5-10/h10H,4-9H2,1-3H3. The van der Waals surface area contributed by atoms with E-state index in [0.717, 1.165) is 31.1 Å².